The fourth-order valence-electron chi connectivity index (χ4n) is 7.50. The highest BCUT2D eigenvalue weighted by Crippen LogP contribution is 2.44. The number of hydrogen-bond donors (Lipinski definition) is 0. The maximum atomic E-state index is 6.48. The van der Waals surface area contributed by atoms with Crippen LogP contribution in [0.1, 0.15) is 0 Å². The average molecular weight is 671 g/mol. The van der Waals surface area contributed by atoms with Crippen molar-refractivity contribution in [1.29, 1.82) is 0 Å². The van der Waals surface area contributed by atoms with E-state index >= 15 is 0 Å². The number of furan rings is 1. The molecule has 0 atom stereocenters. The molecule has 0 amide bonds. The molecule has 4 aromatic heterocycles. The number of thiophene rings is 1. The monoisotopic (exact) mass is 670 g/mol. The smallest absolute Gasteiger partial charge is 0.164 e. The van der Waals surface area contributed by atoms with E-state index in [1.54, 1.807) is 11.3 Å². The number of nitrogens with zero attached hydrogens (tertiary/aromatic N) is 4. The Bertz CT molecular complexity index is 3030. The normalized spacial score (nSPS) is 11.9. The summed E-state index contributed by atoms with van der Waals surface area (Å²) in [5.41, 5.74) is 8.12. The lowest BCUT2D eigenvalue weighted by Crippen LogP contribution is -2.00. The quantitative estimate of drug-likeness (QED) is 0.187. The summed E-state index contributed by atoms with van der Waals surface area (Å²) in [7, 11) is 0. The van der Waals surface area contributed by atoms with Gasteiger partial charge in [0.1, 0.15) is 11.2 Å². The molecule has 0 spiro atoms. The van der Waals surface area contributed by atoms with Crippen molar-refractivity contribution >= 4 is 75.3 Å². The number of para-hydroxylation sites is 2. The van der Waals surface area contributed by atoms with Crippen molar-refractivity contribution in [3.05, 3.63) is 158 Å². The van der Waals surface area contributed by atoms with E-state index in [4.69, 9.17) is 19.4 Å². The van der Waals surface area contributed by atoms with E-state index in [9.17, 15) is 0 Å². The van der Waals surface area contributed by atoms with Crippen molar-refractivity contribution in [1.82, 2.24) is 19.5 Å². The van der Waals surface area contributed by atoms with Gasteiger partial charge >= 0.3 is 0 Å². The second-order valence-electron chi connectivity index (χ2n) is 12.8. The molecule has 0 fully saturated rings. The standard InChI is InChI=1S/C45H26N4OS/c1-3-11-27(12-4-1)43-46-44(28-13-5-2-6-14-28)48-45(47-43)29-19-24-40-34(25-29)33-21-23-39-41(42(33)51-40)35-26-30(20-22-38(35)50-39)49-36-17-9-7-15-31(36)32-16-8-10-18-37(32)49/h1-26H. The molecule has 238 valence electrons. The van der Waals surface area contributed by atoms with Crippen molar-refractivity contribution < 1.29 is 4.42 Å². The van der Waals surface area contributed by atoms with Gasteiger partial charge in [0, 0.05) is 64.1 Å². The minimum absolute atomic E-state index is 0.648. The van der Waals surface area contributed by atoms with Crippen LogP contribution in [0.2, 0.25) is 0 Å². The highest BCUT2D eigenvalue weighted by Gasteiger charge is 2.19. The van der Waals surface area contributed by atoms with E-state index in [0.717, 1.165) is 44.3 Å². The van der Waals surface area contributed by atoms with Gasteiger partial charge in [-0.1, -0.05) is 97.1 Å². The third-order valence-electron chi connectivity index (χ3n) is 9.85. The Morgan fingerprint density at radius 3 is 1.69 bits per heavy atom. The summed E-state index contributed by atoms with van der Waals surface area (Å²) in [6.45, 7) is 0. The first-order valence-corrected chi connectivity index (χ1v) is 17.8. The van der Waals surface area contributed by atoms with E-state index in [0.29, 0.717) is 17.5 Å². The maximum absolute atomic E-state index is 6.48. The zero-order valence-corrected chi connectivity index (χ0v) is 27.9. The predicted molar refractivity (Wildman–Crippen MR) is 211 cm³/mol. The van der Waals surface area contributed by atoms with E-state index in [-0.39, 0.29) is 0 Å². The molecule has 0 unspecified atom stereocenters. The SMILES string of the molecule is c1ccc(-c2nc(-c3ccccc3)nc(-c3ccc4sc5c(ccc6oc7ccc(-n8c9ccccc9c9ccccc98)cc7c65)c4c3)n2)cc1. The maximum Gasteiger partial charge on any atom is 0.164 e. The summed E-state index contributed by atoms with van der Waals surface area (Å²) >= 11 is 1.80. The van der Waals surface area contributed by atoms with Crippen LogP contribution in [0.25, 0.3) is 104 Å². The Hall–Kier alpha value is -6.63. The van der Waals surface area contributed by atoms with Gasteiger partial charge in [-0.25, -0.2) is 15.0 Å². The fourth-order valence-corrected chi connectivity index (χ4v) is 8.73. The van der Waals surface area contributed by atoms with Crippen LogP contribution in [-0.2, 0) is 0 Å². The predicted octanol–water partition coefficient (Wildman–Crippen LogP) is 12.2. The molecule has 0 radical (unpaired) electrons. The molecule has 0 bridgehead atoms. The Labute approximate surface area is 295 Å². The van der Waals surface area contributed by atoms with E-state index in [1.165, 1.54) is 42.0 Å². The second-order valence-corrected chi connectivity index (χ2v) is 13.9. The molecule has 11 rings (SSSR count). The van der Waals surface area contributed by atoms with Crippen LogP contribution in [0.5, 0.6) is 0 Å². The zero-order chi connectivity index (χ0) is 33.5. The molecule has 0 N–H and O–H groups in total. The molecule has 6 heteroatoms. The first-order chi connectivity index (χ1) is 25.3. The van der Waals surface area contributed by atoms with E-state index in [2.05, 4.69) is 102 Å². The van der Waals surface area contributed by atoms with Crippen molar-refractivity contribution in [3.63, 3.8) is 0 Å². The van der Waals surface area contributed by atoms with Crippen molar-refractivity contribution in [2.24, 2.45) is 0 Å². The summed E-state index contributed by atoms with van der Waals surface area (Å²) in [6.07, 6.45) is 0. The third-order valence-corrected chi connectivity index (χ3v) is 11.1. The molecule has 11 aromatic rings. The molecule has 0 aliphatic heterocycles. The van der Waals surface area contributed by atoms with Gasteiger partial charge in [0.15, 0.2) is 17.5 Å². The zero-order valence-electron chi connectivity index (χ0n) is 27.1. The van der Waals surface area contributed by atoms with Crippen LogP contribution in [0, 0.1) is 0 Å². The molecule has 4 heterocycles. The second kappa shape index (κ2) is 10.9. The van der Waals surface area contributed by atoms with Crippen LogP contribution in [0.3, 0.4) is 0 Å². The number of rotatable bonds is 4. The molecular formula is C45H26N4OS. The molecule has 0 saturated carbocycles. The third kappa shape index (κ3) is 4.37. The first kappa shape index (κ1) is 28.2. The van der Waals surface area contributed by atoms with E-state index < -0.39 is 0 Å². The Balaban J connectivity index is 1.11. The van der Waals surface area contributed by atoms with Gasteiger partial charge in [-0.3, -0.25) is 0 Å². The summed E-state index contributed by atoms with van der Waals surface area (Å²) in [5, 5.41) is 7.11. The summed E-state index contributed by atoms with van der Waals surface area (Å²) < 4.78 is 11.3. The van der Waals surface area contributed by atoms with Gasteiger partial charge < -0.3 is 8.98 Å². The highest BCUT2D eigenvalue weighted by atomic mass is 32.1. The van der Waals surface area contributed by atoms with Gasteiger partial charge in [0.25, 0.3) is 0 Å². The first-order valence-electron chi connectivity index (χ1n) is 16.9. The minimum atomic E-state index is 0.648. The number of benzene rings is 7. The van der Waals surface area contributed by atoms with E-state index in [1.807, 2.05) is 60.7 Å². The highest BCUT2D eigenvalue weighted by molar-refractivity contribution is 7.26. The average Bonchev–Trinajstić information content (AvgIpc) is 3.87. The van der Waals surface area contributed by atoms with Crippen molar-refractivity contribution in [2.45, 2.75) is 0 Å². The fraction of sp³-hybridized carbons (Fsp3) is 0. The van der Waals surface area contributed by atoms with Gasteiger partial charge in [0.2, 0.25) is 0 Å². The molecule has 0 aliphatic carbocycles. The van der Waals surface area contributed by atoms with Crippen LogP contribution in [0.4, 0.5) is 0 Å². The molecule has 0 aliphatic rings. The summed E-state index contributed by atoms with van der Waals surface area (Å²) in [4.78, 5) is 14.9. The largest absolute Gasteiger partial charge is 0.456 e. The number of fused-ring (bicyclic) bond motifs is 10. The Morgan fingerprint density at radius 1 is 0.431 bits per heavy atom. The molecule has 5 nitrogen and oxygen atoms in total. The summed E-state index contributed by atoms with van der Waals surface area (Å²) in [6, 6.07) is 54.9. The molecular weight excluding hydrogens is 645 g/mol. The molecule has 7 aromatic carbocycles. The van der Waals surface area contributed by atoms with Crippen LogP contribution in [-0.4, -0.2) is 19.5 Å². The van der Waals surface area contributed by atoms with Gasteiger partial charge in [0.05, 0.1) is 11.0 Å². The van der Waals surface area contributed by atoms with Crippen molar-refractivity contribution in [3.8, 4) is 39.9 Å². The minimum Gasteiger partial charge on any atom is -0.456 e. The van der Waals surface area contributed by atoms with Crippen molar-refractivity contribution in [2.75, 3.05) is 0 Å². The van der Waals surface area contributed by atoms with Crippen LogP contribution in [0.15, 0.2) is 162 Å². The Morgan fingerprint density at radius 2 is 1.02 bits per heavy atom. The van der Waals surface area contributed by atoms with Gasteiger partial charge in [-0.15, -0.1) is 11.3 Å². The van der Waals surface area contributed by atoms with Crippen LogP contribution < -0.4 is 0 Å². The topological polar surface area (TPSA) is 56.7 Å². The lowest BCUT2D eigenvalue weighted by atomic mass is 10.1. The molecule has 0 saturated heterocycles. The lowest BCUT2D eigenvalue weighted by Gasteiger charge is -2.08. The lowest BCUT2D eigenvalue weighted by molar-refractivity contribution is 0.669. The number of hydrogen-bond acceptors (Lipinski definition) is 5. The molecule has 51 heavy (non-hydrogen) atoms. The van der Waals surface area contributed by atoms with Crippen LogP contribution >= 0.6 is 11.3 Å². The summed E-state index contributed by atoms with van der Waals surface area (Å²) in [5.74, 6) is 1.95. The number of aromatic nitrogens is 4. The van der Waals surface area contributed by atoms with Gasteiger partial charge in [-0.2, -0.15) is 0 Å². The Kier molecular flexibility index (Phi) is 6.05. The van der Waals surface area contributed by atoms with Gasteiger partial charge in [-0.05, 0) is 60.7 Å².